The minimum absolute atomic E-state index is 0.221. The fraction of sp³-hybridized carbons (Fsp3) is 0.632. The Hall–Kier alpha value is -1.55. The minimum Gasteiger partial charge on any atom is -0.494 e. The highest BCUT2D eigenvalue weighted by Crippen LogP contribution is 2.25. The molecule has 0 aromatic heterocycles. The Morgan fingerprint density at radius 1 is 1.22 bits per heavy atom. The highest BCUT2D eigenvalue weighted by molar-refractivity contribution is 5.71. The van der Waals surface area contributed by atoms with Gasteiger partial charge in [-0.25, -0.2) is 0 Å². The number of likely N-dealkylation sites (tertiary alicyclic amines) is 1. The Morgan fingerprint density at radius 2 is 1.96 bits per heavy atom. The highest BCUT2D eigenvalue weighted by atomic mass is 16.5. The van der Waals surface area contributed by atoms with E-state index in [-0.39, 0.29) is 11.8 Å². The molecule has 4 heteroatoms. The molecule has 1 aromatic rings. The largest absolute Gasteiger partial charge is 0.494 e. The molecular formula is C19H29NO3. The summed E-state index contributed by atoms with van der Waals surface area (Å²) in [6, 6.07) is 8.20. The second-order valence-corrected chi connectivity index (χ2v) is 6.67. The van der Waals surface area contributed by atoms with Crippen molar-refractivity contribution < 1.29 is 14.6 Å². The molecule has 0 aliphatic carbocycles. The van der Waals surface area contributed by atoms with Crippen molar-refractivity contribution in [1.82, 2.24) is 4.90 Å². The standard InChI is InChI=1S/C19H29NO3/c1-3-4-5-6-11-23-17-9-7-16(8-10-17)13-20-12-15(2)18(14-20)19(21)22/h7-10,15,18H,3-6,11-14H2,1-2H3,(H,21,22). The van der Waals surface area contributed by atoms with Gasteiger partial charge in [0.1, 0.15) is 5.75 Å². The van der Waals surface area contributed by atoms with Gasteiger partial charge >= 0.3 is 5.97 Å². The van der Waals surface area contributed by atoms with E-state index in [9.17, 15) is 9.90 Å². The number of aliphatic carboxylic acids is 1. The lowest BCUT2D eigenvalue weighted by atomic mass is 9.99. The van der Waals surface area contributed by atoms with Crippen LogP contribution >= 0.6 is 0 Å². The molecule has 1 aliphatic heterocycles. The van der Waals surface area contributed by atoms with Gasteiger partial charge in [-0.15, -0.1) is 0 Å². The average molecular weight is 319 g/mol. The zero-order valence-corrected chi connectivity index (χ0v) is 14.3. The van der Waals surface area contributed by atoms with Crippen molar-refractivity contribution in [2.24, 2.45) is 11.8 Å². The van der Waals surface area contributed by atoms with Crippen LogP contribution in [-0.2, 0) is 11.3 Å². The summed E-state index contributed by atoms with van der Waals surface area (Å²) in [6.07, 6.45) is 4.85. The van der Waals surface area contributed by atoms with Crippen LogP contribution in [0.25, 0.3) is 0 Å². The monoisotopic (exact) mass is 319 g/mol. The first-order valence-corrected chi connectivity index (χ1v) is 8.77. The maximum absolute atomic E-state index is 11.2. The van der Waals surface area contributed by atoms with Crippen molar-refractivity contribution in [2.45, 2.75) is 46.1 Å². The molecule has 1 aromatic carbocycles. The molecule has 2 atom stereocenters. The molecule has 2 rings (SSSR count). The van der Waals surface area contributed by atoms with Crippen LogP contribution in [0.1, 0.15) is 45.1 Å². The number of rotatable bonds is 9. The molecule has 1 aliphatic rings. The van der Waals surface area contributed by atoms with Gasteiger partial charge in [-0.1, -0.05) is 45.2 Å². The van der Waals surface area contributed by atoms with Crippen LogP contribution in [0.5, 0.6) is 5.75 Å². The van der Waals surface area contributed by atoms with Crippen molar-refractivity contribution in [2.75, 3.05) is 19.7 Å². The Labute approximate surface area is 139 Å². The predicted molar refractivity (Wildman–Crippen MR) is 91.6 cm³/mol. The number of carbonyl (C=O) groups is 1. The number of ether oxygens (including phenoxy) is 1. The molecule has 4 nitrogen and oxygen atoms in total. The van der Waals surface area contributed by atoms with Gasteiger partial charge in [0.05, 0.1) is 12.5 Å². The van der Waals surface area contributed by atoms with Gasteiger partial charge < -0.3 is 9.84 Å². The van der Waals surface area contributed by atoms with Crippen LogP contribution in [0.15, 0.2) is 24.3 Å². The molecule has 128 valence electrons. The van der Waals surface area contributed by atoms with Crippen molar-refractivity contribution in [3.8, 4) is 5.75 Å². The maximum atomic E-state index is 11.2. The summed E-state index contributed by atoms with van der Waals surface area (Å²) in [7, 11) is 0. The molecule has 1 saturated heterocycles. The smallest absolute Gasteiger partial charge is 0.308 e. The van der Waals surface area contributed by atoms with E-state index in [0.717, 1.165) is 31.9 Å². The first-order valence-electron chi connectivity index (χ1n) is 8.77. The molecule has 0 bridgehead atoms. The number of carboxylic acids is 1. The first-order chi connectivity index (χ1) is 11.1. The number of hydrogen-bond acceptors (Lipinski definition) is 3. The molecule has 0 amide bonds. The first kappa shape index (κ1) is 17.8. The number of hydrogen-bond donors (Lipinski definition) is 1. The predicted octanol–water partition coefficient (Wildman–Crippen LogP) is 3.80. The average Bonchev–Trinajstić information content (AvgIpc) is 2.89. The third-order valence-electron chi connectivity index (χ3n) is 4.60. The Kier molecular flexibility index (Phi) is 6.90. The minimum atomic E-state index is -0.674. The normalized spacial score (nSPS) is 21.5. The van der Waals surface area contributed by atoms with E-state index in [0.29, 0.717) is 6.54 Å². The van der Waals surface area contributed by atoms with Crippen molar-refractivity contribution >= 4 is 5.97 Å². The van der Waals surface area contributed by atoms with E-state index in [1.807, 2.05) is 19.1 Å². The van der Waals surface area contributed by atoms with E-state index in [4.69, 9.17) is 4.74 Å². The summed E-state index contributed by atoms with van der Waals surface area (Å²) in [5.41, 5.74) is 1.21. The van der Waals surface area contributed by atoms with Gasteiger partial charge in [-0.05, 0) is 30.0 Å². The Balaban J connectivity index is 1.76. The number of unbranched alkanes of at least 4 members (excludes halogenated alkanes) is 3. The van der Waals surface area contributed by atoms with Gasteiger partial charge in [0.2, 0.25) is 0 Å². The van der Waals surface area contributed by atoms with E-state index < -0.39 is 5.97 Å². The summed E-state index contributed by atoms with van der Waals surface area (Å²) < 4.78 is 5.75. The van der Waals surface area contributed by atoms with Gasteiger partial charge in [-0.3, -0.25) is 9.69 Å². The molecular weight excluding hydrogens is 290 g/mol. The third kappa shape index (κ3) is 5.54. The fourth-order valence-electron chi connectivity index (χ4n) is 3.19. The molecule has 23 heavy (non-hydrogen) atoms. The van der Waals surface area contributed by atoms with Gasteiger partial charge in [0.25, 0.3) is 0 Å². The van der Waals surface area contributed by atoms with Gasteiger partial charge in [-0.2, -0.15) is 0 Å². The number of benzene rings is 1. The zero-order valence-electron chi connectivity index (χ0n) is 14.3. The lowest BCUT2D eigenvalue weighted by Gasteiger charge is -2.15. The lowest BCUT2D eigenvalue weighted by Crippen LogP contribution is -2.23. The van der Waals surface area contributed by atoms with E-state index in [1.165, 1.54) is 24.8 Å². The maximum Gasteiger partial charge on any atom is 0.308 e. The van der Waals surface area contributed by atoms with Crippen LogP contribution in [-0.4, -0.2) is 35.7 Å². The molecule has 2 unspecified atom stereocenters. The fourth-order valence-corrected chi connectivity index (χ4v) is 3.19. The number of nitrogens with zero attached hydrogens (tertiary/aromatic N) is 1. The second-order valence-electron chi connectivity index (χ2n) is 6.67. The highest BCUT2D eigenvalue weighted by Gasteiger charge is 2.34. The summed E-state index contributed by atoms with van der Waals surface area (Å²) in [4.78, 5) is 13.4. The summed E-state index contributed by atoms with van der Waals surface area (Å²) in [6.45, 7) is 7.32. The van der Waals surface area contributed by atoms with Crippen LogP contribution in [0, 0.1) is 11.8 Å². The van der Waals surface area contributed by atoms with Crippen molar-refractivity contribution in [3.05, 3.63) is 29.8 Å². The molecule has 1 heterocycles. The van der Waals surface area contributed by atoms with Crippen molar-refractivity contribution in [1.29, 1.82) is 0 Å². The van der Waals surface area contributed by atoms with Crippen molar-refractivity contribution in [3.63, 3.8) is 0 Å². The zero-order chi connectivity index (χ0) is 16.7. The Bertz CT molecular complexity index is 486. The van der Waals surface area contributed by atoms with E-state index >= 15 is 0 Å². The van der Waals surface area contributed by atoms with Gasteiger partial charge in [0.15, 0.2) is 0 Å². The summed E-state index contributed by atoms with van der Waals surface area (Å²) in [5, 5.41) is 9.20. The topological polar surface area (TPSA) is 49.8 Å². The van der Waals surface area contributed by atoms with Crippen LogP contribution < -0.4 is 4.74 Å². The molecule has 0 radical (unpaired) electrons. The molecule has 0 spiro atoms. The second kappa shape index (κ2) is 8.92. The van der Waals surface area contributed by atoms with Gasteiger partial charge in [0, 0.05) is 19.6 Å². The molecule has 1 N–H and O–H groups in total. The SMILES string of the molecule is CCCCCCOc1ccc(CN2CC(C)C(C(=O)O)C2)cc1. The third-order valence-corrected chi connectivity index (χ3v) is 4.60. The molecule has 1 fully saturated rings. The van der Waals surface area contributed by atoms with Crippen LogP contribution in [0.4, 0.5) is 0 Å². The van der Waals surface area contributed by atoms with E-state index in [1.54, 1.807) is 0 Å². The van der Waals surface area contributed by atoms with Crippen LogP contribution in [0.3, 0.4) is 0 Å². The number of carboxylic acid groups (broad SMARTS) is 1. The summed E-state index contributed by atoms with van der Waals surface area (Å²) in [5.74, 6) is 0.231. The summed E-state index contributed by atoms with van der Waals surface area (Å²) >= 11 is 0. The molecule has 0 saturated carbocycles. The van der Waals surface area contributed by atoms with Crippen LogP contribution in [0.2, 0.25) is 0 Å². The lowest BCUT2D eigenvalue weighted by molar-refractivity contribution is -0.142. The Morgan fingerprint density at radius 3 is 2.57 bits per heavy atom. The quantitative estimate of drug-likeness (QED) is 0.703. The van der Waals surface area contributed by atoms with E-state index in [2.05, 4.69) is 24.0 Å².